The summed E-state index contributed by atoms with van der Waals surface area (Å²) in [5.41, 5.74) is 0. The van der Waals surface area contributed by atoms with Crippen molar-refractivity contribution < 1.29 is 0 Å². The van der Waals surface area contributed by atoms with Crippen molar-refractivity contribution in [3.05, 3.63) is 0 Å². The summed E-state index contributed by atoms with van der Waals surface area (Å²) in [7, 11) is 2.01. The van der Waals surface area contributed by atoms with Crippen LogP contribution >= 0.6 is 0 Å². The third-order valence-electron chi connectivity index (χ3n) is 2.41. The molecule has 0 radical (unpaired) electrons. The van der Waals surface area contributed by atoms with Gasteiger partial charge in [0.15, 0.2) is 0 Å². The van der Waals surface area contributed by atoms with E-state index in [1.807, 2.05) is 7.05 Å². The van der Waals surface area contributed by atoms with Crippen LogP contribution < -0.4 is 10.6 Å². The Morgan fingerprint density at radius 3 is 2.55 bits per heavy atom. The minimum atomic E-state index is 0.835. The minimum Gasteiger partial charge on any atom is -0.320 e. The van der Waals surface area contributed by atoms with Crippen molar-refractivity contribution in [2.24, 2.45) is 5.92 Å². The topological polar surface area (TPSA) is 24.1 Å². The highest BCUT2D eigenvalue weighted by Crippen LogP contribution is 2.25. The Labute approximate surface area is 69.8 Å². The lowest BCUT2D eigenvalue weighted by molar-refractivity contribution is 0.241. The highest BCUT2D eigenvalue weighted by Gasteiger charge is 2.23. The molecule has 2 N–H and O–H groups in total. The Bertz CT molecular complexity index is 97.7. The van der Waals surface area contributed by atoms with E-state index in [9.17, 15) is 0 Å². The standard InChI is InChI=1S/C9H20N2/c1-8-6-9(7-8)11-5-3-4-10-2/h8-11H,3-7H2,1-2H3. The molecule has 0 saturated heterocycles. The molecule has 0 heterocycles. The molecule has 1 rings (SSSR count). The van der Waals surface area contributed by atoms with E-state index in [-0.39, 0.29) is 0 Å². The normalized spacial score (nSPS) is 30.0. The van der Waals surface area contributed by atoms with E-state index in [4.69, 9.17) is 0 Å². The number of hydrogen-bond donors (Lipinski definition) is 2. The van der Waals surface area contributed by atoms with Crippen molar-refractivity contribution in [2.45, 2.75) is 32.2 Å². The average Bonchev–Trinajstić information content (AvgIpc) is 1.94. The van der Waals surface area contributed by atoms with Gasteiger partial charge >= 0.3 is 0 Å². The average molecular weight is 156 g/mol. The van der Waals surface area contributed by atoms with Gasteiger partial charge in [-0.05, 0) is 45.3 Å². The summed E-state index contributed by atoms with van der Waals surface area (Å²) in [6, 6.07) is 0.835. The Balaban J connectivity index is 1.81. The fourth-order valence-corrected chi connectivity index (χ4v) is 1.64. The fraction of sp³-hybridized carbons (Fsp3) is 1.00. The van der Waals surface area contributed by atoms with Crippen LogP contribution in [-0.2, 0) is 0 Å². The van der Waals surface area contributed by atoms with Gasteiger partial charge in [0, 0.05) is 6.04 Å². The van der Waals surface area contributed by atoms with E-state index in [2.05, 4.69) is 17.6 Å². The molecule has 1 saturated carbocycles. The Hall–Kier alpha value is -0.0800. The highest BCUT2D eigenvalue weighted by atomic mass is 14.9. The number of rotatable bonds is 5. The lowest BCUT2D eigenvalue weighted by Crippen LogP contribution is -2.40. The molecule has 0 amide bonds. The predicted octanol–water partition coefficient (Wildman–Crippen LogP) is 0.984. The van der Waals surface area contributed by atoms with Gasteiger partial charge in [-0.15, -0.1) is 0 Å². The molecule has 1 fully saturated rings. The lowest BCUT2D eigenvalue weighted by Gasteiger charge is -2.33. The fourth-order valence-electron chi connectivity index (χ4n) is 1.64. The third-order valence-corrected chi connectivity index (χ3v) is 2.41. The Kier molecular flexibility index (Phi) is 3.87. The van der Waals surface area contributed by atoms with Crippen LogP contribution in [0.1, 0.15) is 26.2 Å². The molecule has 2 heteroatoms. The molecule has 2 nitrogen and oxygen atoms in total. The second-order valence-corrected chi connectivity index (χ2v) is 3.68. The van der Waals surface area contributed by atoms with Gasteiger partial charge in [-0.1, -0.05) is 6.92 Å². The van der Waals surface area contributed by atoms with Gasteiger partial charge in [0.25, 0.3) is 0 Å². The smallest absolute Gasteiger partial charge is 0.00721 e. The molecule has 0 spiro atoms. The van der Waals surface area contributed by atoms with Crippen LogP contribution in [0.3, 0.4) is 0 Å². The van der Waals surface area contributed by atoms with Gasteiger partial charge < -0.3 is 10.6 Å². The second kappa shape index (κ2) is 4.73. The molecule has 0 aromatic carbocycles. The summed E-state index contributed by atoms with van der Waals surface area (Å²) in [6.07, 6.45) is 4.03. The second-order valence-electron chi connectivity index (χ2n) is 3.68. The van der Waals surface area contributed by atoms with Gasteiger partial charge in [-0.3, -0.25) is 0 Å². The van der Waals surface area contributed by atoms with Gasteiger partial charge in [0.05, 0.1) is 0 Å². The number of hydrogen-bond acceptors (Lipinski definition) is 2. The van der Waals surface area contributed by atoms with Gasteiger partial charge in [-0.25, -0.2) is 0 Å². The quantitative estimate of drug-likeness (QED) is 0.580. The Morgan fingerprint density at radius 1 is 1.27 bits per heavy atom. The molecule has 0 aromatic heterocycles. The van der Waals surface area contributed by atoms with Gasteiger partial charge in [0.1, 0.15) is 0 Å². The van der Waals surface area contributed by atoms with Gasteiger partial charge in [0.2, 0.25) is 0 Å². The highest BCUT2D eigenvalue weighted by molar-refractivity contribution is 4.81. The molecule has 0 aromatic rings. The largest absolute Gasteiger partial charge is 0.320 e. The first kappa shape index (κ1) is 9.01. The molecule has 0 atom stereocenters. The van der Waals surface area contributed by atoms with Crippen molar-refractivity contribution in [1.29, 1.82) is 0 Å². The van der Waals surface area contributed by atoms with Crippen LogP contribution in [0.15, 0.2) is 0 Å². The zero-order chi connectivity index (χ0) is 8.10. The summed E-state index contributed by atoms with van der Waals surface area (Å²) < 4.78 is 0. The van der Waals surface area contributed by atoms with E-state index in [0.717, 1.165) is 18.5 Å². The van der Waals surface area contributed by atoms with Crippen molar-refractivity contribution in [2.75, 3.05) is 20.1 Å². The van der Waals surface area contributed by atoms with E-state index in [0.29, 0.717) is 0 Å². The molecule has 66 valence electrons. The van der Waals surface area contributed by atoms with Crippen LogP contribution in [0.5, 0.6) is 0 Å². The zero-order valence-electron chi connectivity index (χ0n) is 7.69. The van der Waals surface area contributed by atoms with Gasteiger partial charge in [-0.2, -0.15) is 0 Å². The summed E-state index contributed by atoms with van der Waals surface area (Å²) in [4.78, 5) is 0. The minimum absolute atomic E-state index is 0.835. The maximum absolute atomic E-state index is 3.54. The molecule has 1 aliphatic rings. The molecular formula is C9H20N2. The SMILES string of the molecule is CNCCCNC1CC(C)C1. The molecule has 0 aliphatic heterocycles. The van der Waals surface area contributed by atoms with E-state index in [1.165, 1.54) is 25.8 Å². The molecule has 1 aliphatic carbocycles. The summed E-state index contributed by atoms with van der Waals surface area (Å²) >= 11 is 0. The lowest BCUT2D eigenvalue weighted by atomic mass is 9.82. The summed E-state index contributed by atoms with van der Waals surface area (Å²) in [6.45, 7) is 4.64. The third kappa shape index (κ3) is 3.21. The monoisotopic (exact) mass is 156 g/mol. The van der Waals surface area contributed by atoms with Crippen LogP contribution in [0.4, 0.5) is 0 Å². The van der Waals surface area contributed by atoms with E-state index >= 15 is 0 Å². The zero-order valence-corrected chi connectivity index (χ0v) is 7.69. The summed E-state index contributed by atoms with van der Waals surface area (Å²) in [5, 5.41) is 6.69. The maximum Gasteiger partial charge on any atom is 0.00721 e. The predicted molar refractivity (Wildman–Crippen MR) is 48.7 cm³/mol. The van der Waals surface area contributed by atoms with Crippen LogP contribution in [0, 0.1) is 5.92 Å². The Morgan fingerprint density at radius 2 is 2.00 bits per heavy atom. The molecule has 11 heavy (non-hydrogen) atoms. The van der Waals surface area contributed by atoms with Crippen LogP contribution in [0.2, 0.25) is 0 Å². The maximum atomic E-state index is 3.54. The van der Waals surface area contributed by atoms with Crippen LogP contribution in [-0.4, -0.2) is 26.2 Å². The van der Waals surface area contributed by atoms with Crippen molar-refractivity contribution in [3.8, 4) is 0 Å². The van der Waals surface area contributed by atoms with Crippen molar-refractivity contribution in [1.82, 2.24) is 10.6 Å². The summed E-state index contributed by atoms with van der Waals surface area (Å²) in [5.74, 6) is 0.969. The van der Waals surface area contributed by atoms with E-state index in [1.54, 1.807) is 0 Å². The van der Waals surface area contributed by atoms with Crippen molar-refractivity contribution >= 4 is 0 Å². The molecular weight excluding hydrogens is 136 g/mol. The molecule has 0 bridgehead atoms. The van der Waals surface area contributed by atoms with E-state index < -0.39 is 0 Å². The first-order chi connectivity index (χ1) is 5.33. The first-order valence-electron chi connectivity index (χ1n) is 4.71. The molecule has 0 unspecified atom stereocenters. The number of nitrogens with one attached hydrogen (secondary N) is 2. The van der Waals surface area contributed by atoms with Crippen LogP contribution in [0.25, 0.3) is 0 Å². The first-order valence-corrected chi connectivity index (χ1v) is 4.71. The van der Waals surface area contributed by atoms with Crippen molar-refractivity contribution in [3.63, 3.8) is 0 Å².